The van der Waals surface area contributed by atoms with Crippen molar-refractivity contribution in [2.75, 3.05) is 18.0 Å². The maximum Gasteiger partial charge on any atom is 0.245 e. The Morgan fingerprint density at radius 1 is 1.31 bits per heavy atom. The molecule has 1 aromatic heterocycles. The molecule has 2 heterocycles. The van der Waals surface area contributed by atoms with Crippen molar-refractivity contribution in [2.24, 2.45) is 7.05 Å². The van der Waals surface area contributed by atoms with Gasteiger partial charge in [0.25, 0.3) is 0 Å². The van der Waals surface area contributed by atoms with Crippen molar-refractivity contribution in [3.63, 3.8) is 0 Å². The van der Waals surface area contributed by atoms with Crippen LogP contribution in [0.4, 0.5) is 5.95 Å². The Morgan fingerprint density at radius 3 is 2.54 bits per heavy atom. The largest absolute Gasteiger partial charge is 0.339 e. The Hall–Kier alpha value is -1.46. The van der Waals surface area contributed by atoms with E-state index in [2.05, 4.69) is 15.5 Å². The molecule has 1 aliphatic heterocycles. The summed E-state index contributed by atoms with van der Waals surface area (Å²) in [6.07, 6.45) is 1.21. The molecule has 0 atom stereocenters. The van der Waals surface area contributed by atoms with Crippen LogP contribution in [0.2, 0.25) is 0 Å². The maximum absolute atomic E-state index is 11.0. The lowest BCUT2D eigenvalue weighted by atomic mass is 10.1. The molecule has 1 saturated heterocycles. The van der Waals surface area contributed by atoms with E-state index in [-0.39, 0.29) is 0 Å². The van der Waals surface area contributed by atoms with Gasteiger partial charge in [0.1, 0.15) is 5.78 Å². The number of anilines is 1. The number of carbonyl (C=O) groups excluding carboxylic acids is 1. The Bertz CT molecular complexity index is 310. The predicted octanol–water partition coefficient (Wildman–Crippen LogP) is -0.621. The molecule has 0 aliphatic carbocycles. The number of aryl methyl sites for hydroxylation is 1. The first-order valence-electron chi connectivity index (χ1n) is 4.26. The van der Waals surface area contributed by atoms with Gasteiger partial charge in [-0.1, -0.05) is 5.10 Å². The van der Waals surface area contributed by atoms with Crippen LogP contribution < -0.4 is 4.90 Å². The van der Waals surface area contributed by atoms with Crippen LogP contribution in [0.25, 0.3) is 0 Å². The van der Waals surface area contributed by atoms with Gasteiger partial charge in [-0.05, 0) is 10.4 Å². The van der Waals surface area contributed by atoms with E-state index < -0.39 is 0 Å². The van der Waals surface area contributed by atoms with E-state index in [1.807, 2.05) is 4.90 Å². The van der Waals surface area contributed by atoms with Crippen molar-refractivity contribution in [1.82, 2.24) is 20.2 Å². The number of tetrazole rings is 1. The van der Waals surface area contributed by atoms with Crippen LogP contribution in [0.3, 0.4) is 0 Å². The minimum atomic E-state index is 0.325. The number of ketones is 1. The normalized spacial score (nSPS) is 17.9. The fourth-order valence-electron chi connectivity index (χ4n) is 1.45. The third-order valence-electron chi connectivity index (χ3n) is 2.20. The number of hydrogen-bond acceptors (Lipinski definition) is 5. The summed E-state index contributed by atoms with van der Waals surface area (Å²) in [6.45, 7) is 1.46. The summed E-state index contributed by atoms with van der Waals surface area (Å²) in [6, 6.07) is 0. The highest BCUT2D eigenvalue weighted by atomic mass is 16.1. The minimum absolute atomic E-state index is 0.325. The summed E-state index contributed by atoms with van der Waals surface area (Å²) in [5, 5.41) is 11.2. The van der Waals surface area contributed by atoms with Crippen LogP contribution in [0, 0.1) is 0 Å². The van der Waals surface area contributed by atoms with E-state index in [1.165, 1.54) is 0 Å². The van der Waals surface area contributed by atoms with Crippen LogP contribution in [0.5, 0.6) is 0 Å². The van der Waals surface area contributed by atoms with Gasteiger partial charge in [-0.15, -0.1) is 0 Å². The molecule has 6 nitrogen and oxygen atoms in total. The highest BCUT2D eigenvalue weighted by Crippen LogP contribution is 2.12. The minimum Gasteiger partial charge on any atom is -0.339 e. The number of piperidine rings is 1. The lowest BCUT2D eigenvalue weighted by Gasteiger charge is -2.25. The Balaban J connectivity index is 2.10. The number of carbonyl (C=O) groups is 1. The lowest BCUT2D eigenvalue weighted by Crippen LogP contribution is -2.35. The third kappa shape index (κ3) is 1.51. The molecule has 6 heteroatoms. The van der Waals surface area contributed by atoms with E-state index in [0.29, 0.717) is 18.6 Å². The third-order valence-corrected chi connectivity index (χ3v) is 2.20. The topological polar surface area (TPSA) is 63.9 Å². The Labute approximate surface area is 75.5 Å². The Morgan fingerprint density at radius 2 is 2.00 bits per heavy atom. The van der Waals surface area contributed by atoms with Crippen molar-refractivity contribution in [1.29, 1.82) is 0 Å². The average Bonchev–Trinajstić information content (AvgIpc) is 2.53. The van der Waals surface area contributed by atoms with E-state index in [1.54, 1.807) is 11.7 Å². The van der Waals surface area contributed by atoms with Gasteiger partial charge in [0, 0.05) is 33.0 Å². The lowest BCUT2D eigenvalue weighted by molar-refractivity contribution is -0.119. The first-order chi connectivity index (χ1) is 6.27. The highest BCUT2D eigenvalue weighted by Gasteiger charge is 2.19. The van der Waals surface area contributed by atoms with Gasteiger partial charge < -0.3 is 4.90 Å². The molecule has 1 fully saturated rings. The van der Waals surface area contributed by atoms with Gasteiger partial charge in [0.15, 0.2) is 0 Å². The molecule has 0 N–H and O–H groups in total. The van der Waals surface area contributed by atoms with Crippen molar-refractivity contribution in [3.8, 4) is 0 Å². The molecule has 0 radical (unpaired) electrons. The molecule has 0 aromatic carbocycles. The zero-order valence-electron chi connectivity index (χ0n) is 7.47. The van der Waals surface area contributed by atoms with Crippen LogP contribution in [0.1, 0.15) is 12.8 Å². The van der Waals surface area contributed by atoms with Crippen LogP contribution in [0.15, 0.2) is 0 Å². The standard InChI is InChI=1S/C7H11N5O/c1-11-7(8-9-10-11)12-4-2-6(13)3-5-12/h2-5H2,1H3. The average molecular weight is 181 g/mol. The number of hydrogen-bond donors (Lipinski definition) is 0. The van der Waals surface area contributed by atoms with Crippen molar-refractivity contribution in [2.45, 2.75) is 12.8 Å². The molecule has 1 aliphatic rings. The van der Waals surface area contributed by atoms with Gasteiger partial charge in [-0.25, -0.2) is 4.68 Å². The first-order valence-corrected chi connectivity index (χ1v) is 4.26. The Kier molecular flexibility index (Phi) is 1.96. The van der Waals surface area contributed by atoms with Gasteiger partial charge in [0.05, 0.1) is 0 Å². The maximum atomic E-state index is 11.0. The summed E-state index contributed by atoms with van der Waals surface area (Å²) in [7, 11) is 1.80. The van der Waals surface area contributed by atoms with E-state index in [0.717, 1.165) is 19.0 Å². The quantitative estimate of drug-likeness (QED) is 0.577. The van der Waals surface area contributed by atoms with Gasteiger partial charge >= 0.3 is 0 Å². The van der Waals surface area contributed by atoms with E-state index >= 15 is 0 Å². The van der Waals surface area contributed by atoms with Crippen LogP contribution in [-0.2, 0) is 11.8 Å². The molecule has 70 valence electrons. The summed E-state index contributed by atoms with van der Waals surface area (Å²) in [4.78, 5) is 13.0. The fourth-order valence-corrected chi connectivity index (χ4v) is 1.45. The molecule has 0 amide bonds. The smallest absolute Gasteiger partial charge is 0.245 e. The molecular weight excluding hydrogens is 170 g/mol. The fraction of sp³-hybridized carbons (Fsp3) is 0.714. The number of aromatic nitrogens is 4. The molecule has 1 aromatic rings. The second kappa shape index (κ2) is 3.12. The zero-order chi connectivity index (χ0) is 9.26. The molecule has 0 spiro atoms. The molecular formula is C7H11N5O. The summed E-state index contributed by atoms with van der Waals surface area (Å²) < 4.78 is 1.62. The summed E-state index contributed by atoms with van der Waals surface area (Å²) in [5.74, 6) is 1.07. The molecule has 0 saturated carbocycles. The first kappa shape index (κ1) is 8.15. The molecule has 13 heavy (non-hydrogen) atoms. The van der Waals surface area contributed by atoms with Crippen LogP contribution >= 0.6 is 0 Å². The van der Waals surface area contributed by atoms with E-state index in [9.17, 15) is 4.79 Å². The highest BCUT2D eigenvalue weighted by molar-refractivity contribution is 5.80. The number of rotatable bonds is 1. The van der Waals surface area contributed by atoms with Gasteiger partial charge in [0.2, 0.25) is 5.95 Å². The second-order valence-electron chi connectivity index (χ2n) is 3.13. The molecule has 0 bridgehead atoms. The van der Waals surface area contributed by atoms with E-state index in [4.69, 9.17) is 0 Å². The molecule has 0 unspecified atom stereocenters. The van der Waals surface area contributed by atoms with Crippen LogP contribution in [-0.4, -0.2) is 39.1 Å². The SMILES string of the molecule is Cn1nnnc1N1CCC(=O)CC1. The predicted molar refractivity (Wildman–Crippen MR) is 45.3 cm³/mol. The molecule has 2 rings (SSSR count). The van der Waals surface area contributed by atoms with Gasteiger partial charge in [-0.2, -0.15) is 0 Å². The van der Waals surface area contributed by atoms with Crippen molar-refractivity contribution >= 4 is 11.7 Å². The van der Waals surface area contributed by atoms with Crippen molar-refractivity contribution in [3.05, 3.63) is 0 Å². The zero-order valence-corrected chi connectivity index (χ0v) is 7.47. The van der Waals surface area contributed by atoms with Crippen molar-refractivity contribution < 1.29 is 4.79 Å². The number of Topliss-reactive ketones (excluding diaryl/α,β-unsaturated/α-hetero) is 1. The monoisotopic (exact) mass is 181 g/mol. The van der Waals surface area contributed by atoms with Gasteiger partial charge in [-0.3, -0.25) is 4.79 Å². The summed E-state index contributed by atoms with van der Waals surface area (Å²) in [5.41, 5.74) is 0. The number of nitrogens with zero attached hydrogens (tertiary/aromatic N) is 5. The summed E-state index contributed by atoms with van der Waals surface area (Å²) >= 11 is 0. The second-order valence-corrected chi connectivity index (χ2v) is 3.13.